The Bertz CT molecular complexity index is 300. The Morgan fingerprint density at radius 1 is 1.62 bits per heavy atom. The number of rotatable bonds is 7. The monoisotopic (exact) mass is 226 g/mol. The molecule has 5 heteroatoms. The standard InChI is InChI=1S/C11H22N4O/c1-4-16-6-5-14(2)9-11(12)10-7-13-15(3)8-10/h7-8,11H,4-6,9,12H2,1-3H3. The Morgan fingerprint density at radius 3 is 2.94 bits per heavy atom. The summed E-state index contributed by atoms with van der Waals surface area (Å²) >= 11 is 0. The van der Waals surface area contributed by atoms with Crippen molar-refractivity contribution in [1.29, 1.82) is 0 Å². The van der Waals surface area contributed by atoms with Gasteiger partial charge in [-0.2, -0.15) is 5.10 Å². The third-order valence-corrected chi connectivity index (χ3v) is 2.48. The maximum absolute atomic E-state index is 6.08. The first-order chi connectivity index (χ1) is 7.63. The van der Waals surface area contributed by atoms with Crippen LogP contribution in [0.15, 0.2) is 12.4 Å². The van der Waals surface area contributed by atoms with Crippen molar-refractivity contribution < 1.29 is 4.74 Å². The van der Waals surface area contributed by atoms with Crippen LogP contribution >= 0.6 is 0 Å². The van der Waals surface area contributed by atoms with Crippen molar-refractivity contribution in [1.82, 2.24) is 14.7 Å². The van der Waals surface area contributed by atoms with Gasteiger partial charge in [0.25, 0.3) is 0 Å². The lowest BCUT2D eigenvalue weighted by molar-refractivity contribution is 0.120. The van der Waals surface area contributed by atoms with Gasteiger partial charge in [0.1, 0.15) is 0 Å². The quantitative estimate of drug-likeness (QED) is 0.683. The lowest BCUT2D eigenvalue weighted by atomic mass is 10.1. The fourth-order valence-electron chi connectivity index (χ4n) is 1.53. The van der Waals surface area contributed by atoms with Crippen LogP contribution in [0.25, 0.3) is 0 Å². The maximum Gasteiger partial charge on any atom is 0.0593 e. The SMILES string of the molecule is CCOCCN(C)CC(N)c1cnn(C)c1. The summed E-state index contributed by atoms with van der Waals surface area (Å²) in [5.74, 6) is 0. The molecule has 2 N–H and O–H groups in total. The molecule has 1 heterocycles. The molecule has 92 valence electrons. The van der Waals surface area contributed by atoms with E-state index in [9.17, 15) is 0 Å². The molecule has 16 heavy (non-hydrogen) atoms. The number of hydrogen-bond acceptors (Lipinski definition) is 4. The Hall–Kier alpha value is -0.910. The summed E-state index contributed by atoms with van der Waals surface area (Å²) in [5.41, 5.74) is 7.15. The van der Waals surface area contributed by atoms with Gasteiger partial charge in [0.15, 0.2) is 0 Å². The average molecular weight is 226 g/mol. The van der Waals surface area contributed by atoms with E-state index in [1.165, 1.54) is 0 Å². The lowest BCUT2D eigenvalue weighted by Crippen LogP contribution is -2.31. The number of ether oxygens (including phenoxy) is 1. The van der Waals surface area contributed by atoms with Crippen LogP contribution in [0.1, 0.15) is 18.5 Å². The van der Waals surface area contributed by atoms with Gasteiger partial charge in [0, 0.05) is 44.5 Å². The fourth-order valence-corrected chi connectivity index (χ4v) is 1.53. The number of nitrogens with two attached hydrogens (primary N) is 1. The zero-order chi connectivity index (χ0) is 12.0. The molecule has 0 saturated heterocycles. The van der Waals surface area contributed by atoms with Gasteiger partial charge in [-0.05, 0) is 14.0 Å². The van der Waals surface area contributed by atoms with Crippen LogP contribution in [0, 0.1) is 0 Å². The van der Waals surface area contributed by atoms with Gasteiger partial charge in [0.2, 0.25) is 0 Å². The number of nitrogens with zero attached hydrogens (tertiary/aromatic N) is 3. The summed E-state index contributed by atoms with van der Waals surface area (Å²) in [6, 6.07) is 0.0142. The van der Waals surface area contributed by atoms with Crippen molar-refractivity contribution >= 4 is 0 Å². The van der Waals surface area contributed by atoms with E-state index in [1.54, 1.807) is 4.68 Å². The predicted octanol–water partition coefficient (Wildman–Crippen LogP) is 0.388. The van der Waals surface area contributed by atoms with Crippen LogP contribution in [0.2, 0.25) is 0 Å². The van der Waals surface area contributed by atoms with Gasteiger partial charge in [-0.3, -0.25) is 4.68 Å². The highest BCUT2D eigenvalue weighted by molar-refractivity contribution is 5.09. The van der Waals surface area contributed by atoms with Gasteiger partial charge in [-0.1, -0.05) is 0 Å². The van der Waals surface area contributed by atoms with Crippen molar-refractivity contribution in [3.63, 3.8) is 0 Å². The molecular formula is C11H22N4O. The summed E-state index contributed by atoms with van der Waals surface area (Å²) in [7, 11) is 3.95. The van der Waals surface area contributed by atoms with Crippen LogP contribution in [-0.4, -0.2) is 48.0 Å². The molecule has 1 rings (SSSR count). The third kappa shape index (κ3) is 4.30. The Labute approximate surface area is 97.2 Å². The second kappa shape index (κ2) is 6.62. The van der Waals surface area contributed by atoms with Crippen LogP contribution in [0.3, 0.4) is 0 Å². The summed E-state index contributed by atoms with van der Waals surface area (Å²) in [5, 5.41) is 4.11. The molecule has 0 aromatic carbocycles. The summed E-state index contributed by atoms with van der Waals surface area (Å²) in [6.45, 7) is 5.25. The fraction of sp³-hybridized carbons (Fsp3) is 0.727. The Balaban J connectivity index is 2.30. The van der Waals surface area contributed by atoms with Gasteiger partial charge in [-0.15, -0.1) is 0 Å². The van der Waals surface area contributed by atoms with Gasteiger partial charge in [0.05, 0.1) is 12.8 Å². The highest BCUT2D eigenvalue weighted by Gasteiger charge is 2.10. The summed E-state index contributed by atoms with van der Waals surface area (Å²) in [4.78, 5) is 2.17. The minimum Gasteiger partial charge on any atom is -0.380 e. The van der Waals surface area contributed by atoms with E-state index in [4.69, 9.17) is 10.5 Å². The van der Waals surface area contributed by atoms with Crippen molar-refractivity contribution in [3.8, 4) is 0 Å². The molecule has 1 unspecified atom stereocenters. The number of aromatic nitrogens is 2. The van der Waals surface area contributed by atoms with Gasteiger partial charge < -0.3 is 15.4 Å². The second-order valence-electron chi connectivity index (χ2n) is 4.01. The first-order valence-corrected chi connectivity index (χ1v) is 5.64. The number of hydrogen-bond donors (Lipinski definition) is 1. The normalized spacial score (nSPS) is 13.3. The Kier molecular flexibility index (Phi) is 5.45. The highest BCUT2D eigenvalue weighted by atomic mass is 16.5. The highest BCUT2D eigenvalue weighted by Crippen LogP contribution is 2.09. The molecule has 0 aliphatic rings. The Morgan fingerprint density at radius 2 is 2.38 bits per heavy atom. The second-order valence-corrected chi connectivity index (χ2v) is 4.01. The predicted molar refractivity (Wildman–Crippen MR) is 64.1 cm³/mol. The third-order valence-electron chi connectivity index (χ3n) is 2.48. The topological polar surface area (TPSA) is 56.3 Å². The summed E-state index contributed by atoms with van der Waals surface area (Å²) in [6.07, 6.45) is 3.78. The molecule has 0 amide bonds. The smallest absolute Gasteiger partial charge is 0.0593 e. The molecule has 0 spiro atoms. The number of aryl methyl sites for hydroxylation is 1. The van der Waals surface area contributed by atoms with Crippen LogP contribution in [0.4, 0.5) is 0 Å². The van der Waals surface area contributed by atoms with Crippen LogP contribution in [-0.2, 0) is 11.8 Å². The molecule has 1 atom stereocenters. The van der Waals surface area contributed by atoms with Crippen LogP contribution < -0.4 is 5.73 Å². The molecule has 0 bridgehead atoms. The van der Waals surface area contributed by atoms with E-state index < -0.39 is 0 Å². The molecule has 0 aliphatic heterocycles. The van der Waals surface area contributed by atoms with E-state index in [2.05, 4.69) is 17.0 Å². The van der Waals surface area contributed by atoms with Crippen molar-refractivity contribution in [3.05, 3.63) is 18.0 Å². The van der Waals surface area contributed by atoms with Gasteiger partial charge in [-0.25, -0.2) is 0 Å². The largest absolute Gasteiger partial charge is 0.380 e. The molecule has 1 aromatic rings. The molecule has 0 fully saturated rings. The minimum absolute atomic E-state index is 0.0142. The van der Waals surface area contributed by atoms with E-state index in [1.807, 2.05) is 26.4 Å². The molecular weight excluding hydrogens is 204 g/mol. The maximum atomic E-state index is 6.08. The minimum atomic E-state index is 0.0142. The van der Waals surface area contributed by atoms with E-state index in [0.717, 1.165) is 31.9 Å². The van der Waals surface area contributed by atoms with Crippen LogP contribution in [0.5, 0.6) is 0 Å². The first-order valence-electron chi connectivity index (χ1n) is 5.64. The summed E-state index contributed by atoms with van der Waals surface area (Å²) < 4.78 is 7.07. The van der Waals surface area contributed by atoms with E-state index in [-0.39, 0.29) is 6.04 Å². The van der Waals surface area contributed by atoms with Crippen molar-refractivity contribution in [2.24, 2.45) is 12.8 Å². The lowest BCUT2D eigenvalue weighted by Gasteiger charge is -2.20. The average Bonchev–Trinajstić information content (AvgIpc) is 2.65. The molecule has 0 aliphatic carbocycles. The number of likely N-dealkylation sites (N-methyl/N-ethyl adjacent to an activating group) is 1. The van der Waals surface area contributed by atoms with E-state index >= 15 is 0 Å². The molecule has 0 saturated carbocycles. The zero-order valence-corrected chi connectivity index (χ0v) is 10.4. The zero-order valence-electron chi connectivity index (χ0n) is 10.4. The van der Waals surface area contributed by atoms with Crippen molar-refractivity contribution in [2.45, 2.75) is 13.0 Å². The van der Waals surface area contributed by atoms with E-state index in [0.29, 0.717) is 0 Å². The molecule has 0 radical (unpaired) electrons. The first kappa shape index (κ1) is 13.2. The molecule has 1 aromatic heterocycles. The van der Waals surface area contributed by atoms with Gasteiger partial charge >= 0.3 is 0 Å². The molecule has 5 nitrogen and oxygen atoms in total. The van der Waals surface area contributed by atoms with Crippen molar-refractivity contribution in [2.75, 3.05) is 33.4 Å².